The van der Waals surface area contributed by atoms with Gasteiger partial charge in [-0.25, -0.2) is 0 Å². The summed E-state index contributed by atoms with van der Waals surface area (Å²) in [6.45, 7) is 12.3. The molecule has 1 aliphatic rings. The topological polar surface area (TPSA) is 32.3 Å². The molecule has 1 fully saturated rings. The Kier molecular flexibility index (Phi) is 9.18. The Morgan fingerprint density at radius 3 is 2.33 bits per heavy atom. The molecule has 0 aromatic rings. The van der Waals surface area contributed by atoms with E-state index < -0.39 is 0 Å². The number of hydrogen-bond acceptors (Lipinski definition) is 3. The normalized spacial score (nSPS) is 20.4. The molecule has 1 heterocycles. The highest BCUT2D eigenvalue weighted by atomic mass is 16.1. The van der Waals surface area contributed by atoms with Gasteiger partial charge >= 0.3 is 0 Å². The van der Waals surface area contributed by atoms with Crippen LogP contribution in [0.1, 0.15) is 72.6 Å². The van der Waals surface area contributed by atoms with Crippen molar-refractivity contribution in [1.29, 1.82) is 0 Å². The van der Waals surface area contributed by atoms with E-state index in [1.807, 2.05) is 0 Å². The first-order valence-electron chi connectivity index (χ1n) is 9.10. The lowest BCUT2D eigenvalue weighted by atomic mass is 9.93. The number of nitrogens with zero attached hydrogens (tertiary/aromatic N) is 1. The van der Waals surface area contributed by atoms with Gasteiger partial charge in [-0.05, 0) is 65.1 Å². The molecular weight excluding hydrogens is 260 g/mol. The van der Waals surface area contributed by atoms with Crippen molar-refractivity contribution < 1.29 is 4.79 Å². The van der Waals surface area contributed by atoms with Gasteiger partial charge in [-0.2, -0.15) is 0 Å². The third-order valence-electron chi connectivity index (χ3n) is 4.96. The number of rotatable bonds is 11. The fourth-order valence-electron chi connectivity index (χ4n) is 3.00. The zero-order valence-electron chi connectivity index (χ0n) is 14.7. The van der Waals surface area contributed by atoms with Gasteiger partial charge in [-0.3, -0.25) is 4.79 Å². The molecule has 1 rings (SSSR count). The van der Waals surface area contributed by atoms with Crippen LogP contribution in [0.4, 0.5) is 0 Å². The maximum Gasteiger partial charge on any atom is 0.152 e. The lowest BCUT2D eigenvalue weighted by Crippen LogP contribution is -2.44. The van der Waals surface area contributed by atoms with E-state index in [2.05, 4.69) is 37.9 Å². The summed E-state index contributed by atoms with van der Waals surface area (Å²) in [4.78, 5) is 15.1. The molecule has 124 valence electrons. The van der Waals surface area contributed by atoms with E-state index in [1.165, 1.54) is 38.9 Å². The third kappa shape index (κ3) is 6.92. The molecule has 0 radical (unpaired) electrons. The second kappa shape index (κ2) is 10.3. The Hall–Kier alpha value is -0.410. The van der Waals surface area contributed by atoms with Crippen LogP contribution < -0.4 is 5.32 Å². The average molecular weight is 296 g/mol. The smallest absolute Gasteiger partial charge is 0.152 e. The summed E-state index contributed by atoms with van der Waals surface area (Å²) in [6, 6.07) is 0.495. The lowest BCUT2D eigenvalue weighted by Gasteiger charge is -2.24. The maximum atomic E-state index is 12.5. The van der Waals surface area contributed by atoms with Crippen LogP contribution in [0.15, 0.2) is 0 Å². The molecule has 3 unspecified atom stereocenters. The Morgan fingerprint density at radius 1 is 1.10 bits per heavy atom. The molecule has 0 saturated carbocycles. The first-order chi connectivity index (χ1) is 10.1. The van der Waals surface area contributed by atoms with Crippen molar-refractivity contribution >= 4 is 5.78 Å². The number of hydrogen-bond donors (Lipinski definition) is 1. The minimum atomic E-state index is 0.0634. The van der Waals surface area contributed by atoms with E-state index >= 15 is 0 Å². The summed E-state index contributed by atoms with van der Waals surface area (Å²) >= 11 is 0. The van der Waals surface area contributed by atoms with Crippen LogP contribution in [0.5, 0.6) is 0 Å². The molecule has 21 heavy (non-hydrogen) atoms. The fourth-order valence-corrected chi connectivity index (χ4v) is 3.00. The lowest BCUT2D eigenvalue weighted by molar-refractivity contribution is -0.124. The van der Waals surface area contributed by atoms with E-state index in [4.69, 9.17) is 0 Å². The van der Waals surface area contributed by atoms with Gasteiger partial charge in [-0.15, -0.1) is 0 Å². The molecule has 1 saturated heterocycles. The minimum absolute atomic E-state index is 0.0634. The molecule has 3 heteroatoms. The van der Waals surface area contributed by atoms with Gasteiger partial charge in [0.2, 0.25) is 0 Å². The number of carbonyl (C=O) groups is 1. The summed E-state index contributed by atoms with van der Waals surface area (Å²) in [7, 11) is 0. The molecular formula is C18H36N2O. The van der Waals surface area contributed by atoms with Crippen LogP contribution >= 0.6 is 0 Å². The molecule has 0 spiro atoms. The van der Waals surface area contributed by atoms with Crippen molar-refractivity contribution in [2.24, 2.45) is 5.92 Å². The van der Waals surface area contributed by atoms with Crippen LogP contribution in [-0.4, -0.2) is 42.4 Å². The molecule has 1 aliphatic heterocycles. The first kappa shape index (κ1) is 18.6. The van der Waals surface area contributed by atoms with Crippen molar-refractivity contribution in [3.63, 3.8) is 0 Å². The summed E-state index contributed by atoms with van der Waals surface area (Å²) in [6.07, 6.45) is 8.15. The van der Waals surface area contributed by atoms with Crippen LogP contribution in [0.25, 0.3) is 0 Å². The molecule has 0 aromatic carbocycles. The SMILES string of the molecule is CCC(C)NC(CCCCN1CCCC1)C(=O)C(C)CC. The molecule has 0 amide bonds. The molecule has 0 bridgehead atoms. The predicted molar refractivity (Wildman–Crippen MR) is 90.7 cm³/mol. The highest BCUT2D eigenvalue weighted by molar-refractivity contribution is 5.85. The van der Waals surface area contributed by atoms with E-state index in [0.29, 0.717) is 11.8 Å². The number of ketones is 1. The second-order valence-corrected chi connectivity index (χ2v) is 6.78. The highest BCUT2D eigenvalue weighted by Gasteiger charge is 2.23. The Labute approximate surface area is 131 Å². The summed E-state index contributed by atoms with van der Waals surface area (Å²) in [5.74, 6) is 0.601. The largest absolute Gasteiger partial charge is 0.305 e. The van der Waals surface area contributed by atoms with Gasteiger partial charge in [-0.1, -0.05) is 27.2 Å². The van der Waals surface area contributed by atoms with Gasteiger partial charge < -0.3 is 10.2 Å². The van der Waals surface area contributed by atoms with Crippen molar-refractivity contribution in [2.75, 3.05) is 19.6 Å². The molecule has 0 aromatic heterocycles. The number of carbonyl (C=O) groups excluding carboxylic acids is 1. The van der Waals surface area contributed by atoms with Gasteiger partial charge in [0, 0.05) is 12.0 Å². The Morgan fingerprint density at radius 2 is 1.76 bits per heavy atom. The maximum absolute atomic E-state index is 12.5. The van der Waals surface area contributed by atoms with Gasteiger partial charge in [0.1, 0.15) is 0 Å². The van der Waals surface area contributed by atoms with Gasteiger partial charge in [0.15, 0.2) is 5.78 Å². The van der Waals surface area contributed by atoms with Crippen molar-refractivity contribution in [2.45, 2.75) is 84.7 Å². The predicted octanol–water partition coefficient (Wildman–Crippen LogP) is 3.62. The quantitative estimate of drug-likeness (QED) is 0.591. The van der Waals surface area contributed by atoms with Crippen LogP contribution in [0.2, 0.25) is 0 Å². The van der Waals surface area contributed by atoms with E-state index in [1.54, 1.807) is 0 Å². The Balaban J connectivity index is 2.34. The van der Waals surface area contributed by atoms with Gasteiger partial charge in [0.25, 0.3) is 0 Å². The second-order valence-electron chi connectivity index (χ2n) is 6.78. The van der Waals surface area contributed by atoms with Crippen LogP contribution in [0, 0.1) is 5.92 Å². The molecule has 0 aliphatic carbocycles. The van der Waals surface area contributed by atoms with E-state index in [0.717, 1.165) is 25.7 Å². The number of Topliss-reactive ketones (excluding diaryl/α,β-unsaturated/α-hetero) is 1. The fraction of sp³-hybridized carbons (Fsp3) is 0.944. The number of nitrogens with one attached hydrogen (secondary N) is 1. The van der Waals surface area contributed by atoms with Crippen LogP contribution in [0.3, 0.4) is 0 Å². The number of likely N-dealkylation sites (tertiary alicyclic amines) is 1. The Bertz CT molecular complexity index is 287. The third-order valence-corrected chi connectivity index (χ3v) is 4.96. The molecule has 1 N–H and O–H groups in total. The zero-order valence-corrected chi connectivity index (χ0v) is 14.7. The summed E-state index contributed by atoms with van der Waals surface area (Å²) in [5.41, 5.74) is 0. The van der Waals surface area contributed by atoms with Crippen molar-refractivity contribution in [3.8, 4) is 0 Å². The molecule has 3 nitrogen and oxygen atoms in total. The zero-order chi connectivity index (χ0) is 15.7. The van der Waals surface area contributed by atoms with Gasteiger partial charge in [0.05, 0.1) is 6.04 Å². The standard InChI is InChI=1S/C18H36N2O/c1-5-15(3)18(21)17(19-16(4)6-2)11-7-8-12-20-13-9-10-14-20/h15-17,19H,5-14H2,1-4H3. The minimum Gasteiger partial charge on any atom is -0.305 e. The average Bonchev–Trinajstić information content (AvgIpc) is 3.01. The summed E-state index contributed by atoms with van der Waals surface area (Å²) in [5, 5.41) is 3.55. The van der Waals surface area contributed by atoms with E-state index in [-0.39, 0.29) is 12.0 Å². The highest BCUT2D eigenvalue weighted by Crippen LogP contribution is 2.14. The van der Waals surface area contributed by atoms with Crippen molar-refractivity contribution in [1.82, 2.24) is 10.2 Å². The first-order valence-corrected chi connectivity index (χ1v) is 9.10. The van der Waals surface area contributed by atoms with Crippen molar-refractivity contribution in [3.05, 3.63) is 0 Å². The number of unbranched alkanes of at least 4 members (excludes halogenated alkanes) is 1. The monoisotopic (exact) mass is 296 g/mol. The molecule has 3 atom stereocenters. The summed E-state index contributed by atoms with van der Waals surface area (Å²) < 4.78 is 0. The van der Waals surface area contributed by atoms with E-state index in [9.17, 15) is 4.79 Å². The van der Waals surface area contributed by atoms with Crippen LogP contribution in [-0.2, 0) is 4.79 Å².